The van der Waals surface area contributed by atoms with E-state index >= 15 is 0 Å². The second kappa shape index (κ2) is 9.40. The summed E-state index contributed by atoms with van der Waals surface area (Å²) in [5.74, 6) is 2.62. The van der Waals surface area contributed by atoms with Gasteiger partial charge in [-0.3, -0.25) is 0 Å². The van der Waals surface area contributed by atoms with Crippen molar-refractivity contribution in [1.82, 2.24) is 25.0 Å². The molecule has 3 aromatic rings. The third kappa shape index (κ3) is 4.71. The van der Waals surface area contributed by atoms with Crippen LogP contribution in [-0.4, -0.2) is 45.3 Å². The molecule has 7 nitrogen and oxygen atoms in total. The Morgan fingerprint density at radius 3 is 2.83 bits per heavy atom. The van der Waals surface area contributed by atoms with Crippen LogP contribution < -0.4 is 5.32 Å². The van der Waals surface area contributed by atoms with Gasteiger partial charge in [-0.25, -0.2) is 4.99 Å². The zero-order valence-electron chi connectivity index (χ0n) is 17.7. The summed E-state index contributed by atoms with van der Waals surface area (Å²) in [5.41, 5.74) is 2.49. The van der Waals surface area contributed by atoms with Gasteiger partial charge in [-0.1, -0.05) is 30.3 Å². The molecule has 0 aliphatic carbocycles. The molecule has 1 N–H and O–H groups in total. The van der Waals surface area contributed by atoms with Gasteiger partial charge in [0.2, 0.25) is 0 Å². The van der Waals surface area contributed by atoms with E-state index in [0.717, 1.165) is 37.2 Å². The molecular formula is C22H28N6OS. The lowest BCUT2D eigenvalue weighted by atomic mass is 10.0. The van der Waals surface area contributed by atoms with Crippen LogP contribution in [0.25, 0.3) is 0 Å². The van der Waals surface area contributed by atoms with Gasteiger partial charge in [0, 0.05) is 18.5 Å². The van der Waals surface area contributed by atoms with Crippen molar-refractivity contribution in [3.05, 3.63) is 69.4 Å². The number of hydrogen-bond acceptors (Lipinski definition) is 5. The fourth-order valence-electron chi connectivity index (χ4n) is 3.56. The third-order valence-corrected chi connectivity index (χ3v) is 6.33. The molecule has 1 atom stereocenters. The van der Waals surface area contributed by atoms with E-state index in [1.54, 1.807) is 11.3 Å². The molecule has 158 valence electrons. The van der Waals surface area contributed by atoms with Crippen LogP contribution in [-0.2, 0) is 24.9 Å². The average molecular weight is 425 g/mol. The van der Waals surface area contributed by atoms with E-state index in [1.807, 2.05) is 18.5 Å². The highest BCUT2D eigenvalue weighted by Gasteiger charge is 2.25. The highest BCUT2D eigenvalue weighted by molar-refractivity contribution is 7.09. The molecule has 3 heterocycles. The van der Waals surface area contributed by atoms with Gasteiger partial charge >= 0.3 is 0 Å². The first-order chi connectivity index (χ1) is 14.6. The van der Waals surface area contributed by atoms with Gasteiger partial charge in [-0.2, -0.15) is 0 Å². The normalized spacial score (nSPS) is 17.4. The molecule has 8 heteroatoms. The second-order valence-electron chi connectivity index (χ2n) is 7.46. The topological polar surface area (TPSA) is 67.6 Å². The number of rotatable bonds is 5. The molecule has 1 fully saturated rings. The van der Waals surface area contributed by atoms with Gasteiger partial charge in [0.15, 0.2) is 11.8 Å². The lowest BCUT2D eigenvalue weighted by Gasteiger charge is -2.36. The van der Waals surface area contributed by atoms with E-state index in [9.17, 15) is 0 Å². The molecule has 30 heavy (non-hydrogen) atoms. The maximum atomic E-state index is 6.11. The number of thiophene rings is 1. The van der Waals surface area contributed by atoms with Crippen molar-refractivity contribution in [2.75, 3.05) is 19.7 Å². The Morgan fingerprint density at radius 2 is 2.10 bits per heavy atom. The number of hydrogen-bond donors (Lipinski definition) is 1. The van der Waals surface area contributed by atoms with Crippen molar-refractivity contribution < 1.29 is 4.74 Å². The minimum Gasteiger partial charge on any atom is -0.370 e. The molecular weight excluding hydrogens is 396 g/mol. The number of ether oxygens (including phenoxy) is 1. The summed E-state index contributed by atoms with van der Waals surface area (Å²) >= 11 is 1.74. The van der Waals surface area contributed by atoms with Crippen molar-refractivity contribution in [2.45, 2.75) is 33.0 Å². The van der Waals surface area contributed by atoms with E-state index in [0.29, 0.717) is 13.2 Å². The maximum Gasteiger partial charge on any atom is 0.194 e. The molecule has 1 aliphatic heterocycles. The Morgan fingerprint density at radius 1 is 1.23 bits per heavy atom. The molecule has 0 amide bonds. The van der Waals surface area contributed by atoms with Crippen LogP contribution >= 0.6 is 11.3 Å². The zero-order valence-corrected chi connectivity index (χ0v) is 18.5. The van der Waals surface area contributed by atoms with E-state index in [-0.39, 0.29) is 6.10 Å². The summed E-state index contributed by atoms with van der Waals surface area (Å²) in [6, 6.07) is 12.6. The number of aryl methyl sites for hydroxylation is 2. The van der Waals surface area contributed by atoms with Gasteiger partial charge < -0.3 is 19.5 Å². The van der Waals surface area contributed by atoms with Gasteiger partial charge in [0.1, 0.15) is 18.5 Å². The van der Waals surface area contributed by atoms with Gasteiger partial charge in [0.25, 0.3) is 0 Å². The average Bonchev–Trinajstić information content (AvgIpc) is 3.39. The summed E-state index contributed by atoms with van der Waals surface area (Å²) in [6.45, 7) is 7.55. The Bertz CT molecular complexity index is 997. The number of benzene rings is 1. The number of guanidine groups is 1. The number of nitrogens with zero attached hydrogens (tertiary/aromatic N) is 5. The van der Waals surface area contributed by atoms with Crippen molar-refractivity contribution >= 4 is 17.3 Å². The standard InChI is InChI=1S/C22H28N6OS/c1-16-7-4-5-9-19(16)20-15-28(10-11-29-20)22(23-13-18-8-6-12-30-18)24-14-21-26-25-17(2)27(21)3/h4-9,12,20H,10-11,13-15H2,1-3H3,(H,23,24). The van der Waals surface area contributed by atoms with Gasteiger partial charge in [-0.15, -0.1) is 21.5 Å². The van der Waals surface area contributed by atoms with Gasteiger partial charge in [0.05, 0.1) is 19.7 Å². The zero-order chi connectivity index (χ0) is 20.9. The molecule has 1 unspecified atom stereocenters. The SMILES string of the molecule is Cc1ccccc1C1CN(C(=NCc2nnc(C)n2C)NCc2cccs2)CCO1. The van der Waals surface area contributed by atoms with E-state index in [4.69, 9.17) is 9.73 Å². The molecule has 4 rings (SSSR count). The van der Waals surface area contributed by atoms with Crippen molar-refractivity contribution in [2.24, 2.45) is 12.0 Å². The van der Waals surface area contributed by atoms with Crippen LogP contribution in [0.5, 0.6) is 0 Å². The fourth-order valence-corrected chi connectivity index (χ4v) is 4.20. The van der Waals surface area contributed by atoms with Crippen LogP contribution in [0, 0.1) is 13.8 Å². The van der Waals surface area contributed by atoms with E-state index in [2.05, 4.69) is 69.1 Å². The molecule has 0 radical (unpaired) electrons. The lowest BCUT2D eigenvalue weighted by Crippen LogP contribution is -2.48. The van der Waals surface area contributed by atoms with Crippen LogP contribution in [0.1, 0.15) is 33.8 Å². The predicted molar refractivity (Wildman–Crippen MR) is 119 cm³/mol. The lowest BCUT2D eigenvalue weighted by molar-refractivity contribution is -0.00840. The Labute approximate surface area is 181 Å². The maximum absolute atomic E-state index is 6.11. The van der Waals surface area contributed by atoms with Crippen molar-refractivity contribution in [1.29, 1.82) is 0 Å². The summed E-state index contributed by atoms with van der Waals surface area (Å²) in [4.78, 5) is 8.47. The first-order valence-corrected chi connectivity index (χ1v) is 11.1. The van der Waals surface area contributed by atoms with Gasteiger partial charge in [-0.05, 0) is 36.4 Å². The van der Waals surface area contributed by atoms with Crippen LogP contribution in [0.4, 0.5) is 0 Å². The molecule has 0 bridgehead atoms. The van der Waals surface area contributed by atoms with Crippen LogP contribution in [0.15, 0.2) is 46.8 Å². The Hall–Kier alpha value is -2.71. The number of morpholine rings is 1. The van der Waals surface area contributed by atoms with Crippen LogP contribution in [0.2, 0.25) is 0 Å². The monoisotopic (exact) mass is 424 g/mol. The van der Waals surface area contributed by atoms with Crippen LogP contribution in [0.3, 0.4) is 0 Å². The van der Waals surface area contributed by atoms with E-state index < -0.39 is 0 Å². The largest absolute Gasteiger partial charge is 0.370 e. The number of nitrogens with one attached hydrogen (secondary N) is 1. The summed E-state index contributed by atoms with van der Waals surface area (Å²) in [7, 11) is 1.97. The Kier molecular flexibility index (Phi) is 6.44. The predicted octanol–water partition coefficient (Wildman–Crippen LogP) is 3.21. The quantitative estimate of drug-likeness (QED) is 0.503. The molecule has 1 aliphatic rings. The third-order valence-electron chi connectivity index (χ3n) is 5.46. The van der Waals surface area contributed by atoms with Crippen molar-refractivity contribution in [3.8, 4) is 0 Å². The second-order valence-corrected chi connectivity index (χ2v) is 8.49. The van der Waals surface area contributed by atoms with Crippen molar-refractivity contribution in [3.63, 3.8) is 0 Å². The first-order valence-electron chi connectivity index (χ1n) is 10.2. The summed E-state index contributed by atoms with van der Waals surface area (Å²) in [5, 5.41) is 14.0. The molecule has 2 aromatic heterocycles. The molecule has 0 saturated carbocycles. The highest BCUT2D eigenvalue weighted by atomic mass is 32.1. The molecule has 1 aromatic carbocycles. The fraction of sp³-hybridized carbons (Fsp3) is 0.409. The van der Waals surface area contributed by atoms with E-state index in [1.165, 1.54) is 16.0 Å². The summed E-state index contributed by atoms with van der Waals surface area (Å²) in [6.07, 6.45) is 0.0331. The Balaban J connectivity index is 1.53. The minimum atomic E-state index is 0.0331. The highest BCUT2D eigenvalue weighted by Crippen LogP contribution is 2.25. The molecule has 1 saturated heterocycles. The first kappa shape index (κ1) is 20.6. The number of aliphatic imine (C=N–C) groups is 1. The minimum absolute atomic E-state index is 0.0331. The summed E-state index contributed by atoms with van der Waals surface area (Å²) < 4.78 is 8.09. The molecule has 0 spiro atoms. The smallest absolute Gasteiger partial charge is 0.194 e. The number of aromatic nitrogens is 3.